The van der Waals surface area contributed by atoms with E-state index in [4.69, 9.17) is 4.74 Å². The van der Waals surface area contributed by atoms with E-state index in [1.807, 2.05) is 0 Å². The summed E-state index contributed by atoms with van der Waals surface area (Å²) in [5.41, 5.74) is -0.117. The van der Waals surface area contributed by atoms with Crippen LogP contribution in [0.15, 0.2) is 12.1 Å². The summed E-state index contributed by atoms with van der Waals surface area (Å²) in [5.74, 6) is -2.90. The molecule has 0 bridgehead atoms. The first-order valence-corrected chi connectivity index (χ1v) is 5.96. The first-order chi connectivity index (χ1) is 9.11. The Morgan fingerprint density at radius 1 is 1.26 bits per heavy atom. The van der Waals surface area contributed by atoms with Gasteiger partial charge in [0.05, 0.1) is 0 Å². The summed E-state index contributed by atoms with van der Waals surface area (Å²) in [6.45, 7) is 0.892. The molecule has 0 spiro atoms. The highest BCUT2D eigenvalue weighted by atomic mass is 19.1. The van der Waals surface area contributed by atoms with Gasteiger partial charge in [0.25, 0.3) is 5.91 Å². The summed E-state index contributed by atoms with van der Waals surface area (Å²) in [6, 6.07) is 1.73. The predicted molar refractivity (Wildman–Crippen MR) is 63.1 cm³/mol. The highest BCUT2D eigenvalue weighted by molar-refractivity contribution is 5.78. The number of hydrogen-bond donors (Lipinski definition) is 0. The lowest BCUT2D eigenvalue weighted by atomic mass is 10.2. The second-order valence-corrected chi connectivity index (χ2v) is 4.31. The van der Waals surface area contributed by atoms with Crippen molar-refractivity contribution in [2.24, 2.45) is 0 Å². The van der Waals surface area contributed by atoms with Gasteiger partial charge in [-0.1, -0.05) is 0 Å². The maximum Gasteiger partial charge on any atom is 0.260 e. The maximum absolute atomic E-state index is 13.5. The van der Waals surface area contributed by atoms with Crippen molar-refractivity contribution in [3.8, 4) is 5.75 Å². The molecule has 1 fully saturated rings. The van der Waals surface area contributed by atoms with Gasteiger partial charge in [0, 0.05) is 18.7 Å². The number of nitrogens with zero attached hydrogens (tertiary/aromatic N) is 1. The Labute approximate surface area is 109 Å². The summed E-state index contributed by atoms with van der Waals surface area (Å²) in [6.07, 6.45) is 2.20. The molecule has 0 aromatic heterocycles. The van der Waals surface area contributed by atoms with Gasteiger partial charge >= 0.3 is 0 Å². The Morgan fingerprint density at radius 2 is 1.84 bits per heavy atom. The zero-order chi connectivity index (χ0) is 13.8. The lowest BCUT2D eigenvalue weighted by molar-refractivity contribution is -0.132. The molecule has 1 amide bonds. The molecule has 1 aliphatic rings. The maximum atomic E-state index is 13.5. The normalized spacial score (nSPS) is 14.5. The fourth-order valence-electron chi connectivity index (χ4n) is 1.98. The van der Waals surface area contributed by atoms with Crippen molar-refractivity contribution in [1.29, 1.82) is 0 Å². The van der Waals surface area contributed by atoms with Crippen LogP contribution in [0.25, 0.3) is 0 Å². The average molecular weight is 269 g/mol. The van der Waals surface area contributed by atoms with Crippen molar-refractivity contribution >= 4 is 12.2 Å². The number of likely N-dealkylation sites (tertiary alicyclic amines) is 1. The molecule has 102 valence electrons. The number of ether oxygens (including phenoxy) is 1. The molecule has 1 aromatic rings. The van der Waals surface area contributed by atoms with Crippen LogP contribution in [0.3, 0.4) is 0 Å². The fourth-order valence-corrected chi connectivity index (χ4v) is 1.98. The molecule has 0 N–H and O–H groups in total. The van der Waals surface area contributed by atoms with Gasteiger partial charge in [-0.3, -0.25) is 9.59 Å². The topological polar surface area (TPSA) is 46.6 Å². The van der Waals surface area contributed by atoms with E-state index in [0.29, 0.717) is 19.4 Å². The number of carbonyl (C=O) groups is 2. The summed E-state index contributed by atoms with van der Waals surface area (Å²) in [5, 5.41) is 0. The van der Waals surface area contributed by atoms with Crippen LogP contribution < -0.4 is 4.74 Å². The van der Waals surface area contributed by atoms with E-state index in [0.717, 1.165) is 25.0 Å². The molecule has 4 nitrogen and oxygen atoms in total. The molecule has 0 saturated carbocycles. The van der Waals surface area contributed by atoms with Gasteiger partial charge < -0.3 is 9.64 Å². The standard InChI is InChI=1S/C13H13F2NO3/c14-10-5-9(7-17)6-11(15)13(10)19-8-12(18)16-3-1-2-4-16/h5-7H,1-4,8H2. The van der Waals surface area contributed by atoms with E-state index in [9.17, 15) is 18.4 Å². The van der Waals surface area contributed by atoms with Crippen LogP contribution in [0.2, 0.25) is 0 Å². The Morgan fingerprint density at radius 3 is 2.37 bits per heavy atom. The van der Waals surface area contributed by atoms with Crippen molar-refractivity contribution in [3.05, 3.63) is 29.3 Å². The third-order valence-electron chi connectivity index (χ3n) is 2.96. The lowest BCUT2D eigenvalue weighted by Gasteiger charge is -2.16. The van der Waals surface area contributed by atoms with E-state index >= 15 is 0 Å². The smallest absolute Gasteiger partial charge is 0.260 e. The third-order valence-corrected chi connectivity index (χ3v) is 2.96. The Hall–Kier alpha value is -1.98. The van der Waals surface area contributed by atoms with Crippen LogP contribution in [0.4, 0.5) is 8.78 Å². The van der Waals surface area contributed by atoms with Gasteiger partial charge in [-0.05, 0) is 25.0 Å². The molecule has 6 heteroatoms. The minimum Gasteiger partial charge on any atom is -0.478 e. The number of halogens is 2. The van der Waals surface area contributed by atoms with E-state index in [1.165, 1.54) is 0 Å². The van der Waals surface area contributed by atoms with Gasteiger partial charge in [-0.2, -0.15) is 0 Å². The molecule has 1 heterocycles. The van der Waals surface area contributed by atoms with E-state index < -0.39 is 24.0 Å². The molecule has 1 aliphatic heterocycles. The number of amides is 1. The molecule has 19 heavy (non-hydrogen) atoms. The summed E-state index contributed by atoms with van der Waals surface area (Å²) in [7, 11) is 0. The van der Waals surface area contributed by atoms with E-state index in [1.54, 1.807) is 4.90 Å². The highest BCUT2D eigenvalue weighted by Gasteiger charge is 2.20. The van der Waals surface area contributed by atoms with E-state index in [2.05, 4.69) is 0 Å². The molecule has 1 aromatic carbocycles. The van der Waals surface area contributed by atoms with Crippen LogP contribution >= 0.6 is 0 Å². The van der Waals surface area contributed by atoms with E-state index in [-0.39, 0.29) is 11.5 Å². The summed E-state index contributed by atoms with van der Waals surface area (Å²) >= 11 is 0. The van der Waals surface area contributed by atoms with Gasteiger partial charge in [-0.15, -0.1) is 0 Å². The number of rotatable bonds is 4. The monoisotopic (exact) mass is 269 g/mol. The van der Waals surface area contributed by atoms with Gasteiger partial charge in [0.1, 0.15) is 6.29 Å². The molecular formula is C13H13F2NO3. The number of benzene rings is 1. The minimum atomic E-state index is -0.990. The average Bonchev–Trinajstić information content (AvgIpc) is 2.91. The van der Waals surface area contributed by atoms with Crippen molar-refractivity contribution in [2.45, 2.75) is 12.8 Å². The highest BCUT2D eigenvalue weighted by Crippen LogP contribution is 2.23. The second kappa shape index (κ2) is 5.77. The number of carbonyl (C=O) groups excluding carboxylic acids is 2. The van der Waals surface area contributed by atoms with Crippen molar-refractivity contribution < 1.29 is 23.1 Å². The largest absolute Gasteiger partial charge is 0.478 e. The number of aldehydes is 1. The summed E-state index contributed by atoms with van der Waals surface area (Å²) in [4.78, 5) is 23.7. The zero-order valence-electron chi connectivity index (χ0n) is 10.2. The van der Waals surface area contributed by atoms with Crippen LogP contribution in [0.1, 0.15) is 23.2 Å². The van der Waals surface area contributed by atoms with Crippen LogP contribution in [0.5, 0.6) is 5.75 Å². The quantitative estimate of drug-likeness (QED) is 0.783. The predicted octanol–water partition coefficient (Wildman–Crippen LogP) is 1.78. The number of hydrogen-bond acceptors (Lipinski definition) is 3. The van der Waals surface area contributed by atoms with Gasteiger partial charge in [-0.25, -0.2) is 8.78 Å². The Balaban J connectivity index is 2.03. The van der Waals surface area contributed by atoms with Crippen LogP contribution in [0, 0.1) is 11.6 Å². The van der Waals surface area contributed by atoms with Crippen molar-refractivity contribution in [1.82, 2.24) is 4.90 Å². The first-order valence-electron chi connectivity index (χ1n) is 5.96. The molecule has 2 rings (SSSR count). The molecule has 0 unspecified atom stereocenters. The summed E-state index contributed by atoms with van der Waals surface area (Å²) < 4.78 is 31.8. The van der Waals surface area contributed by atoms with Gasteiger partial charge in [0.2, 0.25) is 0 Å². The van der Waals surface area contributed by atoms with Crippen LogP contribution in [-0.2, 0) is 4.79 Å². The van der Waals surface area contributed by atoms with Crippen molar-refractivity contribution in [3.63, 3.8) is 0 Å². The SMILES string of the molecule is O=Cc1cc(F)c(OCC(=O)N2CCCC2)c(F)c1. The zero-order valence-corrected chi connectivity index (χ0v) is 10.2. The molecule has 1 saturated heterocycles. The van der Waals surface area contributed by atoms with Crippen molar-refractivity contribution in [2.75, 3.05) is 19.7 Å². The fraction of sp³-hybridized carbons (Fsp3) is 0.385. The van der Waals surface area contributed by atoms with Crippen LogP contribution in [-0.4, -0.2) is 36.8 Å². The Kier molecular flexibility index (Phi) is 4.09. The molecule has 0 aliphatic carbocycles. The lowest BCUT2D eigenvalue weighted by Crippen LogP contribution is -2.32. The Bertz CT molecular complexity index is 476. The van der Waals surface area contributed by atoms with Gasteiger partial charge in [0.15, 0.2) is 24.0 Å². The molecule has 0 atom stereocenters. The second-order valence-electron chi connectivity index (χ2n) is 4.31. The third kappa shape index (κ3) is 3.07. The minimum absolute atomic E-state index is 0.117. The first kappa shape index (κ1) is 13.5. The molecule has 0 radical (unpaired) electrons. The molecular weight excluding hydrogens is 256 g/mol.